The molecule has 1 aromatic rings. The molecule has 20 heavy (non-hydrogen) atoms. The number of carbonyl (C=O) groups is 1. The third-order valence-corrected chi connectivity index (χ3v) is 4.32. The zero-order valence-electron chi connectivity index (χ0n) is 12.1. The summed E-state index contributed by atoms with van der Waals surface area (Å²) in [7, 11) is 1.72. The van der Waals surface area contributed by atoms with Crippen LogP contribution in [0.4, 0.5) is 0 Å². The Hall–Kier alpha value is -1.29. The van der Waals surface area contributed by atoms with E-state index in [0.717, 1.165) is 18.8 Å². The van der Waals surface area contributed by atoms with E-state index in [0.29, 0.717) is 10.7 Å². The molecule has 1 aliphatic rings. The minimum absolute atomic E-state index is 0.140. The lowest BCUT2D eigenvalue weighted by atomic mass is 9.89. The molecular formula is C15H22ClN3O. The molecule has 4 nitrogen and oxygen atoms in total. The first-order chi connectivity index (χ1) is 9.58. The van der Waals surface area contributed by atoms with E-state index in [9.17, 15) is 4.79 Å². The van der Waals surface area contributed by atoms with E-state index in [4.69, 9.17) is 11.6 Å². The Morgan fingerprint density at radius 3 is 3.00 bits per heavy atom. The van der Waals surface area contributed by atoms with Crippen LogP contribution in [0, 0.1) is 5.92 Å². The molecule has 0 spiro atoms. The minimum atomic E-state index is -0.140. The summed E-state index contributed by atoms with van der Waals surface area (Å²) < 4.78 is 1.50. The molecule has 2 unspecified atom stereocenters. The van der Waals surface area contributed by atoms with Gasteiger partial charge in [0.2, 0.25) is 0 Å². The topological polar surface area (TPSA) is 46.9 Å². The molecule has 0 aromatic carbocycles. The molecule has 1 aromatic heterocycles. The Kier molecular flexibility index (Phi) is 5.24. The molecule has 0 saturated carbocycles. The number of halogens is 1. The number of amides is 1. The van der Waals surface area contributed by atoms with E-state index in [1.54, 1.807) is 7.05 Å². The number of rotatable bonds is 5. The van der Waals surface area contributed by atoms with Crippen molar-refractivity contribution in [2.45, 2.75) is 45.1 Å². The monoisotopic (exact) mass is 295 g/mol. The fourth-order valence-electron chi connectivity index (χ4n) is 2.55. The van der Waals surface area contributed by atoms with Crippen molar-refractivity contribution in [1.82, 2.24) is 15.1 Å². The van der Waals surface area contributed by atoms with Crippen molar-refractivity contribution in [2.24, 2.45) is 13.0 Å². The molecule has 2 rings (SSSR count). The summed E-state index contributed by atoms with van der Waals surface area (Å²) in [6.45, 7) is 2.04. The van der Waals surface area contributed by atoms with E-state index in [2.05, 4.69) is 22.6 Å². The molecule has 1 amide bonds. The van der Waals surface area contributed by atoms with Crippen molar-refractivity contribution < 1.29 is 4.79 Å². The standard InChI is InChI=1S/C15H22ClN3O/c1-11(8-9-12-6-4-3-5-7-12)18-15(20)13-10-17-19(2)14(13)16/h3-4,10-12H,5-9H2,1-2H3,(H,18,20). The molecule has 0 aliphatic heterocycles. The van der Waals surface area contributed by atoms with Gasteiger partial charge in [0.15, 0.2) is 0 Å². The molecule has 0 radical (unpaired) electrons. The zero-order chi connectivity index (χ0) is 14.5. The second-order valence-electron chi connectivity index (χ2n) is 5.58. The van der Waals surface area contributed by atoms with Crippen LogP contribution in [0.5, 0.6) is 0 Å². The van der Waals surface area contributed by atoms with Crippen molar-refractivity contribution in [3.8, 4) is 0 Å². The van der Waals surface area contributed by atoms with Gasteiger partial charge in [0.05, 0.1) is 11.8 Å². The lowest BCUT2D eigenvalue weighted by Crippen LogP contribution is -2.33. The molecule has 1 N–H and O–H groups in total. The van der Waals surface area contributed by atoms with Crippen LogP contribution in [0.3, 0.4) is 0 Å². The van der Waals surface area contributed by atoms with E-state index in [1.807, 2.05) is 6.92 Å². The molecule has 1 aliphatic carbocycles. The van der Waals surface area contributed by atoms with Gasteiger partial charge in [0, 0.05) is 13.1 Å². The largest absolute Gasteiger partial charge is 0.349 e. The number of carbonyl (C=O) groups excluding carboxylic acids is 1. The molecule has 0 bridgehead atoms. The maximum Gasteiger partial charge on any atom is 0.256 e. The van der Waals surface area contributed by atoms with Crippen LogP contribution in [0.2, 0.25) is 5.15 Å². The Bertz CT molecular complexity index is 495. The normalized spacial score (nSPS) is 19.9. The van der Waals surface area contributed by atoms with Gasteiger partial charge in [-0.1, -0.05) is 23.8 Å². The number of aromatic nitrogens is 2. The number of hydrogen-bond donors (Lipinski definition) is 1. The average Bonchev–Trinajstić information content (AvgIpc) is 2.78. The Morgan fingerprint density at radius 1 is 1.60 bits per heavy atom. The number of hydrogen-bond acceptors (Lipinski definition) is 2. The van der Waals surface area contributed by atoms with E-state index in [1.165, 1.54) is 30.1 Å². The van der Waals surface area contributed by atoms with Crippen molar-refractivity contribution >= 4 is 17.5 Å². The number of nitrogens with one attached hydrogen (secondary N) is 1. The van der Waals surface area contributed by atoms with Crippen LogP contribution >= 0.6 is 11.6 Å². The van der Waals surface area contributed by atoms with Crippen LogP contribution in [-0.2, 0) is 7.05 Å². The highest BCUT2D eigenvalue weighted by molar-refractivity contribution is 6.32. The van der Waals surface area contributed by atoms with Gasteiger partial charge in [-0.2, -0.15) is 5.10 Å². The summed E-state index contributed by atoms with van der Waals surface area (Å²) in [5.74, 6) is 0.625. The van der Waals surface area contributed by atoms with Gasteiger partial charge in [-0.3, -0.25) is 9.48 Å². The maximum atomic E-state index is 12.1. The van der Waals surface area contributed by atoms with Crippen molar-refractivity contribution in [2.75, 3.05) is 0 Å². The molecule has 0 fully saturated rings. The van der Waals surface area contributed by atoms with Crippen molar-refractivity contribution in [3.05, 3.63) is 29.1 Å². The Labute approximate surface area is 125 Å². The summed E-state index contributed by atoms with van der Waals surface area (Å²) in [6.07, 6.45) is 11.8. The molecule has 5 heteroatoms. The van der Waals surface area contributed by atoms with Gasteiger partial charge in [-0.25, -0.2) is 0 Å². The molecule has 1 heterocycles. The summed E-state index contributed by atoms with van der Waals surface area (Å²) in [4.78, 5) is 12.1. The van der Waals surface area contributed by atoms with Gasteiger partial charge in [-0.05, 0) is 44.9 Å². The number of aryl methyl sites for hydroxylation is 1. The predicted molar refractivity (Wildman–Crippen MR) is 80.9 cm³/mol. The van der Waals surface area contributed by atoms with Crippen LogP contribution in [0.15, 0.2) is 18.3 Å². The number of nitrogens with zero attached hydrogens (tertiary/aromatic N) is 2. The summed E-state index contributed by atoms with van der Waals surface area (Å²) >= 11 is 6.02. The Morgan fingerprint density at radius 2 is 2.40 bits per heavy atom. The van der Waals surface area contributed by atoms with E-state index in [-0.39, 0.29) is 11.9 Å². The Balaban J connectivity index is 1.79. The van der Waals surface area contributed by atoms with Gasteiger partial charge < -0.3 is 5.32 Å². The second kappa shape index (κ2) is 6.93. The van der Waals surface area contributed by atoms with Gasteiger partial charge in [-0.15, -0.1) is 0 Å². The summed E-state index contributed by atoms with van der Waals surface area (Å²) in [5, 5.41) is 7.36. The fraction of sp³-hybridized carbons (Fsp3) is 0.600. The van der Waals surface area contributed by atoms with Crippen LogP contribution < -0.4 is 5.32 Å². The van der Waals surface area contributed by atoms with E-state index >= 15 is 0 Å². The highest BCUT2D eigenvalue weighted by Crippen LogP contribution is 2.23. The summed E-state index contributed by atoms with van der Waals surface area (Å²) in [5.41, 5.74) is 0.446. The quantitative estimate of drug-likeness (QED) is 0.847. The number of allylic oxidation sites excluding steroid dienone is 2. The second-order valence-corrected chi connectivity index (χ2v) is 5.93. The van der Waals surface area contributed by atoms with Crippen molar-refractivity contribution in [3.63, 3.8) is 0 Å². The SMILES string of the molecule is CC(CCC1CC=CCC1)NC(=O)c1cnn(C)c1Cl. The van der Waals surface area contributed by atoms with Crippen LogP contribution in [0.25, 0.3) is 0 Å². The van der Waals surface area contributed by atoms with Crippen molar-refractivity contribution in [1.29, 1.82) is 0 Å². The van der Waals surface area contributed by atoms with Gasteiger partial charge >= 0.3 is 0 Å². The van der Waals surface area contributed by atoms with Gasteiger partial charge in [0.1, 0.15) is 5.15 Å². The first kappa shape index (κ1) is 15.1. The first-order valence-corrected chi connectivity index (χ1v) is 7.59. The highest BCUT2D eigenvalue weighted by atomic mass is 35.5. The third-order valence-electron chi connectivity index (χ3n) is 3.87. The lowest BCUT2D eigenvalue weighted by Gasteiger charge is -2.20. The highest BCUT2D eigenvalue weighted by Gasteiger charge is 2.17. The van der Waals surface area contributed by atoms with Crippen LogP contribution in [0.1, 0.15) is 49.4 Å². The zero-order valence-corrected chi connectivity index (χ0v) is 12.9. The maximum absolute atomic E-state index is 12.1. The molecule has 0 saturated heterocycles. The fourth-order valence-corrected chi connectivity index (χ4v) is 2.73. The minimum Gasteiger partial charge on any atom is -0.349 e. The molecular weight excluding hydrogens is 274 g/mol. The van der Waals surface area contributed by atoms with Crippen LogP contribution in [-0.4, -0.2) is 21.7 Å². The van der Waals surface area contributed by atoms with Gasteiger partial charge in [0.25, 0.3) is 5.91 Å². The lowest BCUT2D eigenvalue weighted by molar-refractivity contribution is 0.0937. The molecule has 2 atom stereocenters. The summed E-state index contributed by atoms with van der Waals surface area (Å²) in [6, 6.07) is 0.157. The predicted octanol–water partition coefficient (Wildman–Crippen LogP) is 3.33. The molecule has 110 valence electrons. The first-order valence-electron chi connectivity index (χ1n) is 7.21. The smallest absolute Gasteiger partial charge is 0.256 e. The average molecular weight is 296 g/mol. The third kappa shape index (κ3) is 3.85. The van der Waals surface area contributed by atoms with E-state index < -0.39 is 0 Å².